The number of halogens is 1. The lowest BCUT2D eigenvalue weighted by atomic mass is 10.0. The fourth-order valence-electron chi connectivity index (χ4n) is 5.62. The van der Waals surface area contributed by atoms with Crippen LogP contribution in [0.2, 0.25) is 0 Å². The standard InChI is InChI=1S/C32H32FN5.C2H2/c33-27-8-3-7-23(13-27)29-9-4-10-31-30(29)15-28(38-31)14-24-12-26(20-37-32(24)34)25-11-22(18-36-19-25)17-35-16-21-5-1-2-6-21;1-2/h3-4,7-13,15,18-21,35,38H,1-2,5-6,14,16-17H2,(H2,34,37);1-2H. The molecule has 0 bridgehead atoms. The number of H-pyrrole nitrogens is 1. The number of fused-ring (bicyclic) bond motifs is 1. The summed E-state index contributed by atoms with van der Waals surface area (Å²) in [6.45, 7) is 1.89. The Hall–Kier alpha value is -4.47. The van der Waals surface area contributed by atoms with E-state index >= 15 is 0 Å². The monoisotopic (exact) mass is 531 g/mol. The van der Waals surface area contributed by atoms with Crippen molar-refractivity contribution in [3.8, 4) is 35.1 Å². The molecule has 0 unspecified atom stereocenters. The summed E-state index contributed by atoms with van der Waals surface area (Å²) < 4.78 is 13.9. The number of nitrogens with one attached hydrogen (secondary N) is 2. The molecule has 40 heavy (non-hydrogen) atoms. The number of hydrogen-bond donors (Lipinski definition) is 3. The van der Waals surface area contributed by atoms with E-state index in [1.807, 2.05) is 42.9 Å². The molecule has 0 aliphatic heterocycles. The normalized spacial score (nSPS) is 13.3. The van der Waals surface area contributed by atoms with E-state index in [1.165, 1.54) is 37.3 Å². The Morgan fingerprint density at radius 3 is 2.55 bits per heavy atom. The Balaban J connectivity index is 0.00000158. The van der Waals surface area contributed by atoms with E-state index in [0.29, 0.717) is 12.2 Å². The maximum absolute atomic E-state index is 13.9. The molecular formula is C34H34FN5. The number of terminal acetylenes is 1. The molecule has 0 saturated heterocycles. The highest BCUT2D eigenvalue weighted by molar-refractivity contribution is 5.95. The molecule has 1 aliphatic rings. The molecule has 0 atom stereocenters. The molecule has 202 valence electrons. The van der Waals surface area contributed by atoms with Crippen molar-refractivity contribution < 1.29 is 4.39 Å². The van der Waals surface area contributed by atoms with Crippen molar-refractivity contribution in [3.05, 3.63) is 102 Å². The Morgan fingerprint density at radius 1 is 0.925 bits per heavy atom. The minimum Gasteiger partial charge on any atom is -0.383 e. The number of anilines is 1. The first-order valence-electron chi connectivity index (χ1n) is 13.7. The number of nitrogens with two attached hydrogens (primary N) is 1. The lowest BCUT2D eigenvalue weighted by Gasteiger charge is -2.11. The van der Waals surface area contributed by atoms with Crippen molar-refractivity contribution in [3.63, 3.8) is 0 Å². The summed E-state index contributed by atoms with van der Waals surface area (Å²) in [5.74, 6) is 1.08. The van der Waals surface area contributed by atoms with Gasteiger partial charge >= 0.3 is 0 Å². The molecule has 5 nitrogen and oxygen atoms in total. The highest BCUT2D eigenvalue weighted by Gasteiger charge is 2.15. The highest BCUT2D eigenvalue weighted by Crippen LogP contribution is 2.31. The van der Waals surface area contributed by atoms with Crippen LogP contribution in [0.1, 0.15) is 42.5 Å². The first-order chi connectivity index (χ1) is 19.6. The fourth-order valence-corrected chi connectivity index (χ4v) is 5.62. The second kappa shape index (κ2) is 12.6. The van der Waals surface area contributed by atoms with Crippen LogP contribution >= 0.6 is 0 Å². The molecule has 3 aromatic heterocycles. The summed E-state index contributed by atoms with van der Waals surface area (Å²) in [6, 6.07) is 19.2. The summed E-state index contributed by atoms with van der Waals surface area (Å²) in [5.41, 5.74) is 14.3. The van der Waals surface area contributed by atoms with Gasteiger partial charge in [0, 0.05) is 64.8 Å². The second-order valence-corrected chi connectivity index (χ2v) is 10.4. The number of rotatable bonds is 8. The average molecular weight is 532 g/mol. The van der Waals surface area contributed by atoms with Crippen LogP contribution in [0.5, 0.6) is 0 Å². The number of aromatic amines is 1. The van der Waals surface area contributed by atoms with Gasteiger partial charge in [-0.1, -0.05) is 37.1 Å². The molecule has 0 spiro atoms. The smallest absolute Gasteiger partial charge is 0.126 e. The van der Waals surface area contributed by atoms with Crippen LogP contribution in [-0.2, 0) is 13.0 Å². The first-order valence-corrected chi connectivity index (χ1v) is 13.7. The molecular weight excluding hydrogens is 497 g/mol. The first kappa shape index (κ1) is 27.1. The number of nitrogens with zero attached hydrogens (tertiary/aromatic N) is 2. The number of pyridine rings is 2. The topological polar surface area (TPSA) is 79.6 Å². The van der Waals surface area contributed by atoms with Crippen LogP contribution in [0, 0.1) is 24.6 Å². The molecule has 5 aromatic rings. The molecule has 0 amide bonds. The summed E-state index contributed by atoms with van der Waals surface area (Å²) >= 11 is 0. The zero-order valence-electron chi connectivity index (χ0n) is 22.5. The largest absolute Gasteiger partial charge is 0.383 e. The van der Waals surface area contributed by atoms with Gasteiger partial charge in [0.15, 0.2) is 0 Å². The van der Waals surface area contributed by atoms with Gasteiger partial charge in [-0.05, 0) is 78.4 Å². The maximum Gasteiger partial charge on any atom is 0.126 e. The zero-order valence-corrected chi connectivity index (χ0v) is 22.5. The molecule has 1 saturated carbocycles. The number of hydrogen-bond acceptors (Lipinski definition) is 4. The number of benzene rings is 2. The van der Waals surface area contributed by atoms with Crippen molar-refractivity contribution in [2.75, 3.05) is 12.3 Å². The van der Waals surface area contributed by atoms with Gasteiger partial charge in [-0.2, -0.15) is 0 Å². The van der Waals surface area contributed by atoms with Crippen LogP contribution in [0.25, 0.3) is 33.2 Å². The minimum atomic E-state index is -0.242. The third-order valence-electron chi connectivity index (χ3n) is 7.60. The SMILES string of the molecule is C#C.Nc1ncc(-c2cncc(CNCC3CCCC3)c2)cc1Cc1cc2c(-c3cccc(F)c3)cccc2[nH]1. The Bertz CT molecular complexity index is 1610. The quantitative estimate of drug-likeness (QED) is 0.186. The van der Waals surface area contributed by atoms with Gasteiger partial charge in [0.2, 0.25) is 0 Å². The van der Waals surface area contributed by atoms with Crippen molar-refractivity contribution in [1.29, 1.82) is 0 Å². The number of nitrogen functional groups attached to an aromatic ring is 1. The molecule has 2 aromatic carbocycles. The van der Waals surface area contributed by atoms with Crippen molar-refractivity contribution >= 4 is 16.7 Å². The molecule has 6 heteroatoms. The van der Waals surface area contributed by atoms with Gasteiger partial charge in [0.05, 0.1) is 0 Å². The van der Waals surface area contributed by atoms with E-state index in [-0.39, 0.29) is 5.82 Å². The van der Waals surface area contributed by atoms with Gasteiger partial charge < -0.3 is 16.0 Å². The van der Waals surface area contributed by atoms with E-state index in [4.69, 9.17) is 5.73 Å². The minimum absolute atomic E-state index is 0.242. The second-order valence-electron chi connectivity index (χ2n) is 10.4. The molecule has 1 aliphatic carbocycles. The predicted molar refractivity (Wildman–Crippen MR) is 162 cm³/mol. The van der Waals surface area contributed by atoms with E-state index in [2.05, 4.69) is 51.3 Å². The van der Waals surface area contributed by atoms with E-state index < -0.39 is 0 Å². The van der Waals surface area contributed by atoms with E-state index in [9.17, 15) is 4.39 Å². The van der Waals surface area contributed by atoms with Gasteiger partial charge in [0.25, 0.3) is 0 Å². The van der Waals surface area contributed by atoms with E-state index in [0.717, 1.165) is 63.4 Å². The van der Waals surface area contributed by atoms with E-state index in [1.54, 1.807) is 12.1 Å². The van der Waals surface area contributed by atoms with Crippen molar-refractivity contribution in [2.24, 2.45) is 5.92 Å². The van der Waals surface area contributed by atoms with Crippen molar-refractivity contribution in [1.82, 2.24) is 20.3 Å². The van der Waals surface area contributed by atoms with Crippen LogP contribution in [-0.4, -0.2) is 21.5 Å². The van der Waals surface area contributed by atoms with Crippen LogP contribution in [0.15, 0.2) is 79.3 Å². The predicted octanol–water partition coefficient (Wildman–Crippen LogP) is 7.13. The van der Waals surface area contributed by atoms with Gasteiger partial charge in [-0.25, -0.2) is 9.37 Å². The Labute approximate surface area is 235 Å². The van der Waals surface area contributed by atoms with Gasteiger partial charge in [-0.15, -0.1) is 12.8 Å². The zero-order chi connectivity index (χ0) is 27.9. The Kier molecular flexibility index (Phi) is 8.53. The van der Waals surface area contributed by atoms with Crippen molar-refractivity contribution in [2.45, 2.75) is 38.6 Å². The molecule has 6 rings (SSSR count). The summed E-state index contributed by atoms with van der Waals surface area (Å²) in [5, 5.41) is 4.66. The molecule has 0 radical (unpaired) electrons. The van der Waals surface area contributed by atoms with Crippen LogP contribution in [0.4, 0.5) is 10.2 Å². The lowest BCUT2D eigenvalue weighted by molar-refractivity contribution is 0.489. The molecule has 1 fully saturated rings. The summed E-state index contributed by atoms with van der Waals surface area (Å²) in [6.07, 6.45) is 19.6. The van der Waals surface area contributed by atoms with Crippen LogP contribution in [0.3, 0.4) is 0 Å². The average Bonchev–Trinajstić information content (AvgIpc) is 3.65. The Morgan fingerprint density at radius 2 is 1.73 bits per heavy atom. The summed E-state index contributed by atoms with van der Waals surface area (Å²) in [4.78, 5) is 12.5. The maximum atomic E-state index is 13.9. The van der Waals surface area contributed by atoms with Crippen LogP contribution < -0.4 is 11.1 Å². The molecule has 3 heterocycles. The van der Waals surface area contributed by atoms with Gasteiger partial charge in [0.1, 0.15) is 11.6 Å². The molecule has 4 N–H and O–H groups in total. The fraction of sp³-hybridized carbons (Fsp3) is 0.235. The summed E-state index contributed by atoms with van der Waals surface area (Å²) in [7, 11) is 0. The third-order valence-corrected chi connectivity index (χ3v) is 7.60. The number of aromatic nitrogens is 3. The van der Waals surface area contributed by atoms with Gasteiger partial charge in [-0.3, -0.25) is 4.98 Å². The highest BCUT2D eigenvalue weighted by atomic mass is 19.1. The lowest BCUT2D eigenvalue weighted by Crippen LogP contribution is -2.20. The third kappa shape index (κ3) is 6.22.